The van der Waals surface area contributed by atoms with Crippen molar-refractivity contribution in [2.45, 2.75) is 31.5 Å². The maximum Gasteiger partial charge on any atom is 0.257 e. The number of benzene rings is 2. The molecule has 0 saturated carbocycles. The van der Waals surface area contributed by atoms with E-state index in [1.807, 2.05) is 17.0 Å². The molecule has 2 heterocycles. The van der Waals surface area contributed by atoms with Crippen molar-refractivity contribution in [3.05, 3.63) is 92.6 Å². The van der Waals surface area contributed by atoms with E-state index in [4.69, 9.17) is 0 Å². The lowest BCUT2D eigenvalue weighted by molar-refractivity contribution is -0.129. The molecule has 4 rings (SSSR count). The maximum atomic E-state index is 13.1. The summed E-state index contributed by atoms with van der Waals surface area (Å²) in [7, 11) is 1.67. The second kappa shape index (κ2) is 9.06. The summed E-state index contributed by atoms with van der Waals surface area (Å²) in [5.41, 5.74) is 4.42. The third-order valence-electron chi connectivity index (χ3n) is 5.65. The molecule has 7 heteroatoms. The Kier molecular flexibility index (Phi) is 6.23. The molecule has 1 amide bonds. The first kappa shape index (κ1) is 21.3. The predicted octanol–water partition coefficient (Wildman–Crippen LogP) is 3.50. The van der Waals surface area contributed by atoms with Gasteiger partial charge in [0.25, 0.3) is 5.56 Å². The molecule has 0 spiro atoms. The van der Waals surface area contributed by atoms with E-state index in [0.717, 1.165) is 12.0 Å². The minimum Gasteiger partial charge on any atom is -0.337 e. The fourth-order valence-corrected chi connectivity index (χ4v) is 4.71. The van der Waals surface area contributed by atoms with Crippen molar-refractivity contribution >= 4 is 17.7 Å². The van der Waals surface area contributed by atoms with Gasteiger partial charge in [-0.3, -0.25) is 14.2 Å². The largest absolute Gasteiger partial charge is 0.337 e. The molecule has 1 aliphatic rings. The molecule has 1 aromatic heterocycles. The Morgan fingerprint density at radius 3 is 2.58 bits per heavy atom. The highest BCUT2D eigenvalue weighted by Crippen LogP contribution is 2.21. The minimum absolute atomic E-state index is 0.0433. The number of thioether (sulfide) groups is 1. The smallest absolute Gasteiger partial charge is 0.257 e. The molecular formula is C24H24FN3O2S. The zero-order valence-electron chi connectivity index (χ0n) is 17.6. The van der Waals surface area contributed by atoms with Crippen LogP contribution in [0.25, 0.3) is 0 Å². The van der Waals surface area contributed by atoms with Crippen molar-refractivity contribution < 1.29 is 9.18 Å². The van der Waals surface area contributed by atoms with E-state index in [9.17, 15) is 14.0 Å². The van der Waals surface area contributed by atoms with Gasteiger partial charge in [0, 0.05) is 37.8 Å². The van der Waals surface area contributed by atoms with E-state index in [1.54, 1.807) is 26.1 Å². The van der Waals surface area contributed by atoms with Crippen molar-refractivity contribution in [3.8, 4) is 0 Å². The van der Waals surface area contributed by atoms with Crippen molar-refractivity contribution in [1.29, 1.82) is 0 Å². The molecule has 5 nitrogen and oxygen atoms in total. The number of carbonyl (C=O) groups is 1. The molecule has 1 aliphatic heterocycles. The molecule has 0 N–H and O–H groups in total. The number of hydrogen-bond acceptors (Lipinski definition) is 4. The summed E-state index contributed by atoms with van der Waals surface area (Å²) in [6.07, 6.45) is 1.25. The van der Waals surface area contributed by atoms with Crippen LogP contribution in [0.4, 0.5) is 4.39 Å². The molecule has 2 aromatic carbocycles. The van der Waals surface area contributed by atoms with Crippen molar-refractivity contribution in [2.24, 2.45) is 7.05 Å². The van der Waals surface area contributed by atoms with Crippen LogP contribution in [0.2, 0.25) is 0 Å². The van der Waals surface area contributed by atoms with Crippen LogP contribution >= 0.6 is 11.8 Å². The standard InChI is InChI=1S/C24H24FN3O2S/c1-16-21(13-17-7-9-20(25)10-8-17)23(30)27(2)24(26-16)31-15-22(29)28-12-11-18-5-3-4-6-19(18)14-28/h3-10H,11-15H2,1-2H3. The van der Waals surface area contributed by atoms with Crippen LogP contribution in [-0.2, 0) is 31.2 Å². The summed E-state index contributed by atoms with van der Waals surface area (Å²) < 4.78 is 14.6. The number of hydrogen-bond donors (Lipinski definition) is 0. The third kappa shape index (κ3) is 4.71. The van der Waals surface area contributed by atoms with E-state index in [-0.39, 0.29) is 23.0 Å². The first-order valence-electron chi connectivity index (χ1n) is 10.2. The summed E-state index contributed by atoms with van der Waals surface area (Å²) in [6, 6.07) is 14.3. The third-order valence-corrected chi connectivity index (χ3v) is 6.67. The van der Waals surface area contributed by atoms with Crippen LogP contribution in [0, 0.1) is 12.7 Å². The Morgan fingerprint density at radius 1 is 1.13 bits per heavy atom. The topological polar surface area (TPSA) is 55.2 Å². The predicted molar refractivity (Wildman–Crippen MR) is 120 cm³/mol. The fourth-order valence-electron chi connectivity index (χ4n) is 3.80. The quantitative estimate of drug-likeness (QED) is 0.453. The zero-order chi connectivity index (χ0) is 22.0. The number of halogens is 1. The van der Waals surface area contributed by atoms with Gasteiger partial charge in [0.15, 0.2) is 5.16 Å². The van der Waals surface area contributed by atoms with Gasteiger partial charge in [0.1, 0.15) is 5.82 Å². The Labute approximate surface area is 184 Å². The molecule has 3 aromatic rings. The summed E-state index contributed by atoms with van der Waals surface area (Å²) in [5, 5.41) is 0.524. The average molecular weight is 438 g/mol. The fraction of sp³-hybridized carbons (Fsp3) is 0.292. The van der Waals surface area contributed by atoms with Gasteiger partial charge >= 0.3 is 0 Å². The van der Waals surface area contributed by atoms with E-state index >= 15 is 0 Å². The van der Waals surface area contributed by atoms with Gasteiger partial charge in [-0.05, 0) is 42.2 Å². The molecular weight excluding hydrogens is 413 g/mol. The Morgan fingerprint density at radius 2 is 1.84 bits per heavy atom. The van der Waals surface area contributed by atoms with Gasteiger partial charge in [-0.1, -0.05) is 48.2 Å². The second-order valence-electron chi connectivity index (χ2n) is 7.75. The highest BCUT2D eigenvalue weighted by atomic mass is 32.2. The van der Waals surface area contributed by atoms with Crippen molar-refractivity contribution in [3.63, 3.8) is 0 Å². The number of carbonyl (C=O) groups excluding carboxylic acids is 1. The summed E-state index contributed by atoms with van der Waals surface area (Å²) in [4.78, 5) is 32.1. The summed E-state index contributed by atoms with van der Waals surface area (Å²) in [6.45, 7) is 3.13. The van der Waals surface area contributed by atoms with Gasteiger partial charge in [-0.15, -0.1) is 0 Å². The van der Waals surface area contributed by atoms with Gasteiger partial charge in [-0.25, -0.2) is 9.37 Å². The second-order valence-corrected chi connectivity index (χ2v) is 8.69. The van der Waals surface area contributed by atoms with E-state index in [1.165, 1.54) is 39.6 Å². The monoisotopic (exact) mass is 437 g/mol. The van der Waals surface area contributed by atoms with Crippen LogP contribution in [0.5, 0.6) is 0 Å². The van der Waals surface area contributed by atoms with Crippen LogP contribution in [0.1, 0.15) is 27.9 Å². The SMILES string of the molecule is Cc1nc(SCC(=O)N2CCc3ccccc3C2)n(C)c(=O)c1Cc1ccc(F)cc1. The number of aryl methyl sites for hydroxylation is 1. The molecule has 160 valence electrons. The summed E-state index contributed by atoms with van der Waals surface area (Å²) in [5.74, 6) is -0.0268. The van der Waals surface area contributed by atoms with Crippen LogP contribution in [0.3, 0.4) is 0 Å². The highest BCUT2D eigenvalue weighted by Gasteiger charge is 2.21. The first-order valence-corrected chi connectivity index (χ1v) is 11.2. The molecule has 0 unspecified atom stereocenters. The highest BCUT2D eigenvalue weighted by molar-refractivity contribution is 7.99. The molecule has 31 heavy (non-hydrogen) atoms. The van der Waals surface area contributed by atoms with Crippen molar-refractivity contribution in [1.82, 2.24) is 14.5 Å². The van der Waals surface area contributed by atoms with Gasteiger partial charge in [0.2, 0.25) is 5.91 Å². The molecule has 0 aliphatic carbocycles. The lowest BCUT2D eigenvalue weighted by atomic mass is 10.00. The first-order chi connectivity index (χ1) is 14.9. The lowest BCUT2D eigenvalue weighted by Gasteiger charge is -2.28. The number of nitrogens with zero attached hydrogens (tertiary/aromatic N) is 3. The lowest BCUT2D eigenvalue weighted by Crippen LogP contribution is -2.37. The normalized spacial score (nSPS) is 13.2. The molecule has 0 fully saturated rings. The molecule has 0 radical (unpaired) electrons. The van der Waals surface area contributed by atoms with Crippen LogP contribution in [-0.4, -0.2) is 32.7 Å². The molecule has 0 bridgehead atoms. The van der Waals surface area contributed by atoms with E-state index in [0.29, 0.717) is 35.9 Å². The number of aromatic nitrogens is 2. The zero-order valence-corrected chi connectivity index (χ0v) is 18.4. The number of fused-ring (bicyclic) bond motifs is 1. The van der Waals surface area contributed by atoms with Crippen LogP contribution < -0.4 is 5.56 Å². The number of rotatable bonds is 5. The molecule has 0 atom stereocenters. The van der Waals surface area contributed by atoms with E-state index in [2.05, 4.69) is 17.1 Å². The maximum absolute atomic E-state index is 13.1. The minimum atomic E-state index is -0.305. The Balaban J connectivity index is 1.45. The Hall–Kier alpha value is -2.93. The van der Waals surface area contributed by atoms with Gasteiger partial charge in [0.05, 0.1) is 5.75 Å². The van der Waals surface area contributed by atoms with Gasteiger partial charge in [-0.2, -0.15) is 0 Å². The summed E-state index contributed by atoms with van der Waals surface area (Å²) >= 11 is 1.29. The Bertz CT molecular complexity index is 1170. The van der Waals surface area contributed by atoms with E-state index < -0.39 is 0 Å². The average Bonchev–Trinajstić information content (AvgIpc) is 2.79. The molecule has 0 saturated heterocycles. The van der Waals surface area contributed by atoms with Gasteiger partial charge < -0.3 is 4.90 Å². The number of amides is 1. The van der Waals surface area contributed by atoms with Crippen LogP contribution in [0.15, 0.2) is 58.5 Å². The van der Waals surface area contributed by atoms with Crippen molar-refractivity contribution in [2.75, 3.05) is 12.3 Å².